The number of aryl methyl sites for hydroxylation is 3. The minimum Gasteiger partial charge on any atom is -0.494 e. The van der Waals surface area contributed by atoms with E-state index in [9.17, 15) is 0 Å². The molecule has 0 heterocycles. The fourth-order valence-corrected chi connectivity index (χ4v) is 2.43. The number of unbranched alkanes of at least 4 members (excludes halogenated alkanes) is 1. The molecule has 2 aromatic rings. The second-order valence-electron chi connectivity index (χ2n) is 5.68. The fourth-order valence-electron chi connectivity index (χ4n) is 2.43. The van der Waals surface area contributed by atoms with Crippen molar-refractivity contribution in [3.8, 4) is 5.75 Å². The zero-order valence-corrected chi connectivity index (χ0v) is 13.3. The molecule has 1 N–H and O–H groups in total. The molecule has 2 aromatic carbocycles. The maximum absolute atomic E-state index is 5.75. The molecule has 0 amide bonds. The molecular formula is C19H25NO. The summed E-state index contributed by atoms with van der Waals surface area (Å²) >= 11 is 0. The Morgan fingerprint density at radius 2 is 1.62 bits per heavy atom. The van der Waals surface area contributed by atoms with Gasteiger partial charge in [0.25, 0.3) is 0 Å². The first-order chi connectivity index (χ1) is 10.1. The number of ether oxygens (including phenoxy) is 1. The Morgan fingerprint density at radius 3 is 2.33 bits per heavy atom. The summed E-state index contributed by atoms with van der Waals surface area (Å²) in [6, 6.07) is 14.8. The number of hydrogen-bond acceptors (Lipinski definition) is 2. The van der Waals surface area contributed by atoms with Crippen molar-refractivity contribution in [2.75, 3.05) is 18.5 Å². The highest BCUT2D eigenvalue weighted by Gasteiger charge is 1.97. The second-order valence-corrected chi connectivity index (χ2v) is 5.68. The van der Waals surface area contributed by atoms with Gasteiger partial charge in [0.2, 0.25) is 0 Å². The molecule has 0 bridgehead atoms. The molecule has 0 saturated heterocycles. The lowest BCUT2D eigenvalue weighted by Gasteiger charge is -2.09. The number of anilines is 1. The molecule has 0 unspecified atom stereocenters. The second kappa shape index (κ2) is 7.72. The maximum atomic E-state index is 5.75. The summed E-state index contributed by atoms with van der Waals surface area (Å²) in [5, 5.41) is 3.48. The summed E-state index contributed by atoms with van der Waals surface area (Å²) in [7, 11) is 0. The molecule has 0 spiro atoms. The van der Waals surface area contributed by atoms with Gasteiger partial charge in [-0.05, 0) is 74.6 Å². The molecule has 0 aromatic heterocycles. The average Bonchev–Trinajstić information content (AvgIpc) is 2.42. The summed E-state index contributed by atoms with van der Waals surface area (Å²) in [5.41, 5.74) is 5.07. The zero-order valence-electron chi connectivity index (χ0n) is 13.3. The average molecular weight is 283 g/mol. The molecule has 0 aliphatic heterocycles. The van der Waals surface area contributed by atoms with E-state index in [-0.39, 0.29) is 0 Å². The van der Waals surface area contributed by atoms with Crippen LogP contribution in [0.2, 0.25) is 0 Å². The highest BCUT2D eigenvalue weighted by Crippen LogP contribution is 2.14. The van der Waals surface area contributed by atoms with Crippen molar-refractivity contribution in [2.45, 2.75) is 33.6 Å². The third-order valence-electron chi connectivity index (χ3n) is 3.38. The van der Waals surface area contributed by atoms with Crippen molar-refractivity contribution in [3.63, 3.8) is 0 Å². The highest BCUT2D eigenvalue weighted by atomic mass is 16.5. The third-order valence-corrected chi connectivity index (χ3v) is 3.38. The summed E-state index contributed by atoms with van der Waals surface area (Å²) in [6.07, 6.45) is 2.17. The summed E-state index contributed by atoms with van der Waals surface area (Å²) in [5.74, 6) is 0.970. The normalized spacial score (nSPS) is 10.4. The molecule has 112 valence electrons. The van der Waals surface area contributed by atoms with E-state index in [0.717, 1.165) is 31.7 Å². The van der Waals surface area contributed by atoms with Crippen molar-refractivity contribution < 1.29 is 4.74 Å². The van der Waals surface area contributed by atoms with Gasteiger partial charge in [-0.3, -0.25) is 0 Å². The van der Waals surface area contributed by atoms with Crippen molar-refractivity contribution in [1.82, 2.24) is 0 Å². The topological polar surface area (TPSA) is 21.3 Å². The van der Waals surface area contributed by atoms with Crippen LogP contribution in [0, 0.1) is 20.8 Å². The van der Waals surface area contributed by atoms with Crippen LogP contribution in [0.1, 0.15) is 29.5 Å². The SMILES string of the molecule is Cc1cc(C)cc(NCCCCOc2cccc(C)c2)c1. The predicted octanol–water partition coefficient (Wildman–Crippen LogP) is 4.88. The van der Waals surface area contributed by atoms with Crippen LogP contribution in [0.5, 0.6) is 5.75 Å². The van der Waals surface area contributed by atoms with Crippen molar-refractivity contribution >= 4 is 5.69 Å². The van der Waals surface area contributed by atoms with E-state index in [1.54, 1.807) is 0 Å². The van der Waals surface area contributed by atoms with Gasteiger partial charge in [-0.1, -0.05) is 18.2 Å². The first-order valence-electron chi connectivity index (χ1n) is 7.65. The Hall–Kier alpha value is -1.96. The molecule has 2 nitrogen and oxygen atoms in total. The van der Waals surface area contributed by atoms with Gasteiger partial charge in [0, 0.05) is 12.2 Å². The van der Waals surface area contributed by atoms with Gasteiger partial charge < -0.3 is 10.1 Å². The van der Waals surface area contributed by atoms with Crippen LogP contribution in [-0.4, -0.2) is 13.2 Å². The van der Waals surface area contributed by atoms with Crippen LogP contribution in [0.25, 0.3) is 0 Å². The quantitative estimate of drug-likeness (QED) is 0.731. The fraction of sp³-hybridized carbons (Fsp3) is 0.368. The van der Waals surface area contributed by atoms with E-state index < -0.39 is 0 Å². The van der Waals surface area contributed by atoms with E-state index in [1.807, 2.05) is 12.1 Å². The molecule has 0 aliphatic rings. The van der Waals surface area contributed by atoms with Gasteiger partial charge in [0.15, 0.2) is 0 Å². The van der Waals surface area contributed by atoms with E-state index in [1.165, 1.54) is 22.4 Å². The van der Waals surface area contributed by atoms with Crippen LogP contribution in [0.15, 0.2) is 42.5 Å². The first kappa shape index (κ1) is 15.4. The molecule has 0 fully saturated rings. The highest BCUT2D eigenvalue weighted by molar-refractivity contribution is 5.48. The van der Waals surface area contributed by atoms with E-state index >= 15 is 0 Å². The molecule has 0 atom stereocenters. The molecule has 2 heteroatoms. The lowest BCUT2D eigenvalue weighted by atomic mass is 10.1. The van der Waals surface area contributed by atoms with Crippen molar-refractivity contribution in [3.05, 3.63) is 59.2 Å². The summed E-state index contributed by atoms with van der Waals surface area (Å²) in [4.78, 5) is 0. The minimum absolute atomic E-state index is 0.776. The van der Waals surface area contributed by atoms with Gasteiger partial charge >= 0.3 is 0 Å². The van der Waals surface area contributed by atoms with Gasteiger partial charge in [0.1, 0.15) is 5.75 Å². The molecule has 21 heavy (non-hydrogen) atoms. The lowest BCUT2D eigenvalue weighted by molar-refractivity contribution is 0.308. The van der Waals surface area contributed by atoms with Gasteiger partial charge in [-0.2, -0.15) is 0 Å². The molecule has 2 rings (SSSR count). The number of hydrogen-bond donors (Lipinski definition) is 1. The van der Waals surface area contributed by atoms with Crippen LogP contribution in [0.3, 0.4) is 0 Å². The standard InChI is InChI=1S/C19H25NO/c1-15-7-6-8-19(14-15)21-10-5-4-9-20-18-12-16(2)11-17(3)13-18/h6-8,11-14,20H,4-5,9-10H2,1-3H3. The summed E-state index contributed by atoms with van der Waals surface area (Å²) in [6.45, 7) is 8.11. The first-order valence-corrected chi connectivity index (χ1v) is 7.65. The molecule has 0 saturated carbocycles. The van der Waals surface area contributed by atoms with Gasteiger partial charge in [-0.25, -0.2) is 0 Å². The van der Waals surface area contributed by atoms with Crippen LogP contribution in [0.4, 0.5) is 5.69 Å². The number of nitrogens with one attached hydrogen (secondary N) is 1. The number of rotatable bonds is 7. The molecule has 0 aliphatic carbocycles. The molecular weight excluding hydrogens is 258 g/mol. The van der Waals surface area contributed by atoms with Crippen molar-refractivity contribution in [2.24, 2.45) is 0 Å². The predicted molar refractivity (Wildman–Crippen MR) is 90.3 cm³/mol. The number of benzene rings is 2. The van der Waals surface area contributed by atoms with Crippen LogP contribution in [-0.2, 0) is 0 Å². The Bertz CT molecular complexity index is 557. The Morgan fingerprint density at radius 1 is 0.857 bits per heavy atom. The smallest absolute Gasteiger partial charge is 0.119 e. The molecule has 0 radical (unpaired) electrons. The Kier molecular flexibility index (Phi) is 5.68. The van der Waals surface area contributed by atoms with Crippen molar-refractivity contribution in [1.29, 1.82) is 0 Å². The lowest BCUT2D eigenvalue weighted by Crippen LogP contribution is -2.05. The summed E-state index contributed by atoms with van der Waals surface area (Å²) < 4.78 is 5.75. The largest absolute Gasteiger partial charge is 0.494 e. The monoisotopic (exact) mass is 283 g/mol. The van der Waals surface area contributed by atoms with Gasteiger partial charge in [0.05, 0.1) is 6.61 Å². The van der Waals surface area contributed by atoms with Crippen LogP contribution < -0.4 is 10.1 Å². The Balaban J connectivity index is 1.64. The van der Waals surface area contributed by atoms with E-state index in [0.29, 0.717) is 0 Å². The van der Waals surface area contributed by atoms with E-state index in [2.05, 4.69) is 56.4 Å². The third kappa shape index (κ3) is 5.50. The minimum atomic E-state index is 0.776. The van der Waals surface area contributed by atoms with Crippen LogP contribution >= 0.6 is 0 Å². The zero-order chi connectivity index (χ0) is 15.1. The Labute approximate surface area is 128 Å². The van der Waals surface area contributed by atoms with Gasteiger partial charge in [-0.15, -0.1) is 0 Å². The maximum Gasteiger partial charge on any atom is 0.119 e. The van der Waals surface area contributed by atoms with E-state index in [4.69, 9.17) is 4.74 Å².